The lowest BCUT2D eigenvalue weighted by Gasteiger charge is -2.57. The minimum atomic E-state index is -0.742. The van der Waals surface area contributed by atoms with Gasteiger partial charge in [-0.25, -0.2) is 4.39 Å². The second-order valence-corrected chi connectivity index (χ2v) is 8.43. The summed E-state index contributed by atoms with van der Waals surface area (Å²) in [5.41, 5.74) is -0.210. The first-order valence-corrected chi connectivity index (χ1v) is 9.92. The monoisotopic (exact) mass is 343 g/mol. The maximum atomic E-state index is 14.1. The van der Waals surface area contributed by atoms with Gasteiger partial charge in [-0.15, -0.1) is 0 Å². The molecule has 4 fully saturated rings. The molecular weight excluding hydrogens is 317 g/mol. The molecule has 1 spiro atoms. The summed E-state index contributed by atoms with van der Waals surface area (Å²) in [5, 5.41) is 0. The van der Waals surface area contributed by atoms with Crippen LogP contribution in [0.1, 0.15) is 51.4 Å². The molecule has 3 atom stereocenters. The van der Waals surface area contributed by atoms with Crippen molar-refractivity contribution < 1.29 is 13.9 Å². The first-order valence-electron chi connectivity index (χ1n) is 9.92. The Morgan fingerprint density at radius 3 is 2.68 bits per heavy atom. The van der Waals surface area contributed by atoms with Gasteiger partial charge in [0.25, 0.3) is 0 Å². The van der Waals surface area contributed by atoms with Crippen LogP contribution in [0, 0.1) is 11.3 Å². The van der Waals surface area contributed by atoms with E-state index in [0.717, 1.165) is 50.8 Å². The Bertz CT molecular complexity index is 690. The summed E-state index contributed by atoms with van der Waals surface area (Å²) in [6.45, 7) is 1.88. The Morgan fingerprint density at radius 1 is 1.08 bits per heavy atom. The number of hydrogen-bond acceptors (Lipinski definition) is 3. The molecule has 3 nitrogen and oxygen atoms in total. The highest BCUT2D eigenvalue weighted by atomic mass is 19.1. The number of fused-ring (bicyclic) bond motifs is 4. The van der Waals surface area contributed by atoms with Gasteiger partial charge in [0.05, 0.1) is 6.04 Å². The molecule has 2 aliphatic carbocycles. The lowest BCUT2D eigenvalue weighted by molar-refractivity contribution is -0.181. The van der Waals surface area contributed by atoms with Crippen LogP contribution < -0.4 is 0 Å². The van der Waals surface area contributed by atoms with Gasteiger partial charge in [0.1, 0.15) is 11.2 Å². The molecule has 0 aromatic rings. The van der Waals surface area contributed by atoms with Crippen molar-refractivity contribution in [3.05, 3.63) is 35.7 Å². The minimum absolute atomic E-state index is 0.129. The molecule has 0 amide bonds. The van der Waals surface area contributed by atoms with E-state index >= 15 is 0 Å². The van der Waals surface area contributed by atoms with Crippen molar-refractivity contribution in [1.82, 2.24) is 4.90 Å². The molecule has 5 rings (SSSR count). The zero-order chi connectivity index (χ0) is 17.1. The van der Waals surface area contributed by atoms with Crippen molar-refractivity contribution in [2.45, 2.75) is 63.0 Å². The van der Waals surface area contributed by atoms with E-state index in [0.29, 0.717) is 0 Å². The number of rotatable bonds is 1. The van der Waals surface area contributed by atoms with E-state index < -0.39 is 11.0 Å². The Hall–Kier alpha value is -1.42. The molecule has 0 aromatic carbocycles. The number of esters is 1. The smallest absolute Gasteiger partial charge is 0.321 e. The third kappa shape index (κ3) is 2.03. The van der Waals surface area contributed by atoms with E-state index in [-0.39, 0.29) is 23.8 Å². The fourth-order valence-electron chi connectivity index (χ4n) is 6.08. The van der Waals surface area contributed by atoms with Crippen LogP contribution in [0.2, 0.25) is 0 Å². The van der Waals surface area contributed by atoms with Gasteiger partial charge in [-0.1, -0.05) is 37.8 Å². The van der Waals surface area contributed by atoms with Crippen LogP contribution in [0.25, 0.3) is 0 Å². The Kier molecular flexibility index (Phi) is 3.50. The second kappa shape index (κ2) is 5.54. The molecule has 0 radical (unpaired) electrons. The van der Waals surface area contributed by atoms with Crippen molar-refractivity contribution in [1.29, 1.82) is 0 Å². The highest BCUT2D eigenvalue weighted by Crippen LogP contribution is 2.61. The highest BCUT2D eigenvalue weighted by Gasteiger charge is 2.70. The van der Waals surface area contributed by atoms with E-state index in [4.69, 9.17) is 4.74 Å². The highest BCUT2D eigenvalue weighted by molar-refractivity contribution is 5.89. The number of ether oxygens (including phenoxy) is 1. The topological polar surface area (TPSA) is 29.5 Å². The van der Waals surface area contributed by atoms with Crippen LogP contribution in [0.15, 0.2) is 35.7 Å². The summed E-state index contributed by atoms with van der Waals surface area (Å²) in [7, 11) is 0. The van der Waals surface area contributed by atoms with Gasteiger partial charge in [0.2, 0.25) is 0 Å². The summed E-state index contributed by atoms with van der Waals surface area (Å²) < 4.78 is 20.3. The molecule has 3 heterocycles. The zero-order valence-corrected chi connectivity index (χ0v) is 14.7. The number of hydrogen-bond donors (Lipinski definition) is 0. The zero-order valence-electron chi connectivity index (χ0n) is 14.7. The van der Waals surface area contributed by atoms with Crippen LogP contribution in [-0.2, 0) is 9.53 Å². The predicted octanol–water partition coefficient (Wildman–Crippen LogP) is 4.07. The van der Waals surface area contributed by atoms with Crippen LogP contribution in [0.3, 0.4) is 0 Å². The van der Waals surface area contributed by atoms with Gasteiger partial charge < -0.3 is 4.74 Å². The van der Waals surface area contributed by atoms with E-state index in [1.165, 1.54) is 31.4 Å². The second-order valence-electron chi connectivity index (χ2n) is 8.43. The average molecular weight is 343 g/mol. The number of carbonyl (C=O) groups excluding carboxylic acids is 1. The van der Waals surface area contributed by atoms with Crippen molar-refractivity contribution in [3.8, 4) is 0 Å². The predicted molar refractivity (Wildman–Crippen MR) is 93.5 cm³/mol. The molecule has 0 aromatic heterocycles. The number of nitrogens with zero attached hydrogens (tertiary/aromatic N) is 1. The molecular formula is C21H26FNO2. The SMILES string of the molecule is O=C1O[C@]2(CN3CCCC[C@H]32)C2=CC=C(F)C=C[C@@]12C1CCCCC1. The third-order valence-corrected chi connectivity index (χ3v) is 7.27. The molecule has 4 heteroatoms. The lowest BCUT2D eigenvalue weighted by atomic mass is 9.59. The van der Waals surface area contributed by atoms with Gasteiger partial charge in [-0.05, 0) is 55.9 Å². The van der Waals surface area contributed by atoms with E-state index in [1.807, 2.05) is 12.2 Å². The summed E-state index contributed by atoms with van der Waals surface area (Å²) in [6.07, 6.45) is 15.8. The van der Waals surface area contributed by atoms with E-state index in [1.54, 1.807) is 0 Å². The molecule has 3 saturated heterocycles. The van der Waals surface area contributed by atoms with Crippen LogP contribution in [0.5, 0.6) is 0 Å². The van der Waals surface area contributed by atoms with Crippen LogP contribution in [-0.4, -0.2) is 35.6 Å². The summed E-state index contributed by atoms with van der Waals surface area (Å²) in [6, 6.07) is 0.282. The van der Waals surface area contributed by atoms with Crippen LogP contribution >= 0.6 is 0 Å². The summed E-state index contributed by atoms with van der Waals surface area (Å²) in [5.74, 6) is -0.150. The number of allylic oxidation sites excluding steroid dienone is 4. The summed E-state index contributed by atoms with van der Waals surface area (Å²) >= 11 is 0. The number of halogens is 1. The van der Waals surface area contributed by atoms with Gasteiger partial charge in [0, 0.05) is 6.54 Å². The minimum Gasteiger partial charge on any atom is -0.450 e. The maximum absolute atomic E-state index is 14.1. The van der Waals surface area contributed by atoms with Gasteiger partial charge in [-0.3, -0.25) is 9.69 Å². The van der Waals surface area contributed by atoms with Gasteiger partial charge in [-0.2, -0.15) is 0 Å². The Labute approximate surface area is 148 Å². The molecule has 0 N–H and O–H groups in total. The van der Waals surface area contributed by atoms with Gasteiger partial charge >= 0.3 is 5.97 Å². The molecule has 0 unspecified atom stereocenters. The standard InChI is InChI=1S/C21H26FNO2/c22-16-9-10-17-20(12-11-16,15-6-2-1-3-7-15)19(24)25-21(17)14-23-13-5-4-8-18(21)23/h9-12,15,18H,1-8,13-14H2/t18-,20-,21+/m0/s1. The van der Waals surface area contributed by atoms with Gasteiger partial charge in [0.15, 0.2) is 5.60 Å². The molecule has 25 heavy (non-hydrogen) atoms. The first kappa shape index (κ1) is 15.8. The Balaban J connectivity index is 1.61. The summed E-state index contributed by atoms with van der Waals surface area (Å²) in [4.78, 5) is 15.7. The van der Waals surface area contributed by atoms with Crippen molar-refractivity contribution in [3.63, 3.8) is 0 Å². The van der Waals surface area contributed by atoms with Crippen molar-refractivity contribution in [2.75, 3.05) is 13.1 Å². The van der Waals surface area contributed by atoms with E-state index in [9.17, 15) is 9.18 Å². The number of carbonyl (C=O) groups is 1. The fraction of sp³-hybridized carbons (Fsp3) is 0.667. The largest absolute Gasteiger partial charge is 0.450 e. The van der Waals surface area contributed by atoms with Crippen LogP contribution in [0.4, 0.5) is 4.39 Å². The third-order valence-electron chi connectivity index (χ3n) is 7.27. The first-order chi connectivity index (χ1) is 12.2. The normalized spacial score (nSPS) is 41.3. The molecule has 134 valence electrons. The lowest BCUT2D eigenvalue weighted by Crippen LogP contribution is -2.71. The molecule has 5 aliphatic rings. The molecule has 0 bridgehead atoms. The van der Waals surface area contributed by atoms with E-state index in [2.05, 4.69) is 4.90 Å². The van der Waals surface area contributed by atoms with Crippen molar-refractivity contribution in [2.24, 2.45) is 11.3 Å². The fourth-order valence-corrected chi connectivity index (χ4v) is 6.08. The average Bonchev–Trinajstić information content (AvgIpc) is 2.75. The maximum Gasteiger partial charge on any atom is 0.321 e. The molecule has 3 aliphatic heterocycles. The molecule has 1 saturated carbocycles. The number of piperidine rings is 1. The Morgan fingerprint density at radius 2 is 1.88 bits per heavy atom. The van der Waals surface area contributed by atoms with Crippen molar-refractivity contribution >= 4 is 5.97 Å². The quantitative estimate of drug-likeness (QED) is 0.672.